The van der Waals surface area contributed by atoms with Crippen LogP contribution in [0.5, 0.6) is 0 Å². The quantitative estimate of drug-likeness (QED) is 0.798. The minimum absolute atomic E-state index is 0. The number of aromatic nitrogens is 2. The average Bonchev–Trinajstić information content (AvgIpc) is 2.59. The lowest BCUT2D eigenvalue weighted by Crippen LogP contribution is -2.25. The van der Waals surface area contributed by atoms with Gasteiger partial charge in [-0.15, -0.1) is 24.8 Å². The first-order valence-electron chi connectivity index (χ1n) is 4.14. The molecule has 14 heavy (non-hydrogen) atoms. The van der Waals surface area contributed by atoms with Crippen LogP contribution in [-0.4, -0.2) is 22.4 Å². The Morgan fingerprint density at radius 3 is 2.71 bits per heavy atom. The molecule has 2 atom stereocenters. The smallest absolute Gasteiger partial charge is 0.114 e. The lowest BCUT2D eigenvalue weighted by Gasteiger charge is -2.14. The number of hydrogen-bond donors (Lipinski definition) is 1. The molecule has 0 amide bonds. The van der Waals surface area contributed by atoms with E-state index in [2.05, 4.69) is 5.10 Å². The zero-order chi connectivity index (χ0) is 8.55. The van der Waals surface area contributed by atoms with E-state index in [1.54, 1.807) is 6.20 Å². The van der Waals surface area contributed by atoms with Crippen molar-refractivity contribution >= 4 is 24.8 Å². The summed E-state index contributed by atoms with van der Waals surface area (Å²) in [7, 11) is 1.91. The minimum Gasteiger partial charge on any atom is -0.370 e. The molecule has 1 aliphatic heterocycles. The highest BCUT2D eigenvalue weighted by atomic mass is 35.5. The number of nitrogens with two attached hydrogens (primary N) is 1. The van der Waals surface area contributed by atoms with Gasteiger partial charge in [0.25, 0.3) is 0 Å². The molecule has 1 aromatic heterocycles. The van der Waals surface area contributed by atoms with E-state index in [1.807, 2.05) is 17.8 Å². The largest absolute Gasteiger partial charge is 0.370 e. The average molecular weight is 240 g/mol. The van der Waals surface area contributed by atoms with Crippen molar-refractivity contribution in [3.8, 4) is 0 Å². The van der Waals surface area contributed by atoms with E-state index < -0.39 is 0 Å². The normalized spacial score (nSPS) is 25.3. The van der Waals surface area contributed by atoms with Gasteiger partial charge in [0.2, 0.25) is 0 Å². The lowest BCUT2D eigenvalue weighted by atomic mass is 10.1. The number of nitrogens with zero attached hydrogens (tertiary/aromatic N) is 2. The molecule has 1 aliphatic rings. The topological polar surface area (TPSA) is 53.1 Å². The predicted molar refractivity (Wildman–Crippen MR) is 59.0 cm³/mol. The van der Waals surface area contributed by atoms with Crippen LogP contribution in [0.4, 0.5) is 0 Å². The lowest BCUT2D eigenvalue weighted by molar-refractivity contribution is 0.0983. The fraction of sp³-hybridized carbons (Fsp3) is 0.625. The van der Waals surface area contributed by atoms with E-state index in [4.69, 9.17) is 10.5 Å². The molecule has 1 aromatic rings. The third kappa shape index (κ3) is 2.39. The molecule has 2 rings (SSSR count). The van der Waals surface area contributed by atoms with E-state index in [0.29, 0.717) is 0 Å². The van der Waals surface area contributed by atoms with Crippen LogP contribution in [0.25, 0.3) is 0 Å². The Balaban J connectivity index is 0.000000845. The maximum absolute atomic E-state index is 5.87. The van der Waals surface area contributed by atoms with Crippen molar-refractivity contribution in [1.82, 2.24) is 9.78 Å². The van der Waals surface area contributed by atoms with Gasteiger partial charge in [0.15, 0.2) is 0 Å². The van der Waals surface area contributed by atoms with Gasteiger partial charge in [0.05, 0.1) is 5.69 Å². The summed E-state index contributed by atoms with van der Waals surface area (Å²) in [6.07, 6.45) is 2.75. The van der Waals surface area contributed by atoms with Crippen LogP contribution in [0, 0.1) is 0 Å². The molecule has 82 valence electrons. The van der Waals surface area contributed by atoms with Gasteiger partial charge in [0.1, 0.15) is 6.10 Å². The first kappa shape index (κ1) is 13.7. The van der Waals surface area contributed by atoms with Crippen molar-refractivity contribution in [2.24, 2.45) is 12.8 Å². The third-order valence-corrected chi connectivity index (χ3v) is 2.29. The molecule has 2 heterocycles. The highest BCUT2D eigenvalue weighted by Crippen LogP contribution is 2.26. The second-order valence-corrected chi connectivity index (χ2v) is 3.12. The van der Waals surface area contributed by atoms with Crippen molar-refractivity contribution < 1.29 is 4.74 Å². The molecule has 0 bridgehead atoms. The Hall–Kier alpha value is -0.290. The molecular formula is C8H15Cl2N3O. The van der Waals surface area contributed by atoms with Gasteiger partial charge in [-0.25, -0.2) is 0 Å². The molecular weight excluding hydrogens is 225 g/mol. The molecule has 0 aliphatic carbocycles. The first-order chi connectivity index (χ1) is 5.79. The van der Waals surface area contributed by atoms with E-state index in [0.717, 1.165) is 18.7 Å². The van der Waals surface area contributed by atoms with Crippen molar-refractivity contribution in [3.05, 3.63) is 18.0 Å². The van der Waals surface area contributed by atoms with Crippen molar-refractivity contribution in [2.75, 3.05) is 6.61 Å². The summed E-state index contributed by atoms with van der Waals surface area (Å²) in [6, 6.07) is 2.08. The molecule has 0 unspecified atom stereocenters. The number of hydrogen-bond acceptors (Lipinski definition) is 3. The summed E-state index contributed by atoms with van der Waals surface area (Å²) in [4.78, 5) is 0. The maximum Gasteiger partial charge on any atom is 0.114 e. The van der Waals surface area contributed by atoms with Crippen LogP contribution in [-0.2, 0) is 11.8 Å². The SMILES string of the molecule is Cl.Cl.Cn1nccc1[C@H]1OCC[C@@H]1N. The van der Waals surface area contributed by atoms with Gasteiger partial charge in [0, 0.05) is 25.9 Å². The Morgan fingerprint density at radius 2 is 2.29 bits per heavy atom. The number of aryl methyl sites for hydroxylation is 1. The van der Waals surface area contributed by atoms with Crippen LogP contribution >= 0.6 is 24.8 Å². The summed E-state index contributed by atoms with van der Waals surface area (Å²) < 4.78 is 7.32. The van der Waals surface area contributed by atoms with E-state index in [9.17, 15) is 0 Å². The minimum atomic E-state index is 0. The molecule has 1 saturated heterocycles. The van der Waals surface area contributed by atoms with Crippen LogP contribution < -0.4 is 5.73 Å². The first-order valence-corrected chi connectivity index (χ1v) is 4.14. The molecule has 4 nitrogen and oxygen atoms in total. The van der Waals surface area contributed by atoms with Gasteiger partial charge in [-0.3, -0.25) is 4.68 Å². The van der Waals surface area contributed by atoms with E-state index in [-0.39, 0.29) is 37.0 Å². The zero-order valence-electron chi connectivity index (χ0n) is 7.92. The van der Waals surface area contributed by atoms with Gasteiger partial charge < -0.3 is 10.5 Å². The second kappa shape index (κ2) is 5.56. The van der Waals surface area contributed by atoms with Gasteiger partial charge in [-0.2, -0.15) is 5.10 Å². The molecule has 2 N–H and O–H groups in total. The second-order valence-electron chi connectivity index (χ2n) is 3.12. The molecule has 0 spiro atoms. The van der Waals surface area contributed by atoms with Gasteiger partial charge in [-0.1, -0.05) is 0 Å². The Labute approximate surface area is 95.6 Å². The van der Waals surface area contributed by atoms with E-state index >= 15 is 0 Å². The Morgan fingerprint density at radius 1 is 1.57 bits per heavy atom. The number of rotatable bonds is 1. The Bertz CT molecular complexity index is 279. The number of halogens is 2. The van der Waals surface area contributed by atoms with Crippen molar-refractivity contribution in [1.29, 1.82) is 0 Å². The highest BCUT2D eigenvalue weighted by Gasteiger charge is 2.28. The molecule has 1 fully saturated rings. The fourth-order valence-electron chi connectivity index (χ4n) is 1.57. The fourth-order valence-corrected chi connectivity index (χ4v) is 1.57. The van der Waals surface area contributed by atoms with Crippen molar-refractivity contribution in [3.63, 3.8) is 0 Å². The standard InChI is InChI=1S/C8H13N3O.2ClH/c1-11-7(2-4-10-11)8-6(9)3-5-12-8;;/h2,4,6,8H,3,5,9H2,1H3;2*1H/t6-,8-;;/m0../s1. The summed E-state index contributed by atoms with van der Waals surface area (Å²) in [5, 5.41) is 4.08. The van der Waals surface area contributed by atoms with Gasteiger partial charge >= 0.3 is 0 Å². The third-order valence-electron chi connectivity index (χ3n) is 2.29. The van der Waals surface area contributed by atoms with Crippen LogP contribution in [0.15, 0.2) is 12.3 Å². The van der Waals surface area contributed by atoms with E-state index in [1.165, 1.54) is 0 Å². The highest BCUT2D eigenvalue weighted by molar-refractivity contribution is 5.85. The summed E-state index contributed by atoms with van der Waals surface area (Å²) in [5.74, 6) is 0. The summed E-state index contributed by atoms with van der Waals surface area (Å²) in [5.41, 5.74) is 6.94. The van der Waals surface area contributed by atoms with Crippen LogP contribution in [0.1, 0.15) is 18.2 Å². The molecule has 0 aromatic carbocycles. The Kier molecular flexibility index (Phi) is 5.44. The predicted octanol–water partition coefficient (Wildman–Crippen LogP) is 1.05. The van der Waals surface area contributed by atoms with Crippen LogP contribution in [0.2, 0.25) is 0 Å². The molecule has 0 radical (unpaired) electrons. The van der Waals surface area contributed by atoms with Crippen molar-refractivity contribution in [2.45, 2.75) is 18.6 Å². The summed E-state index contributed by atoms with van der Waals surface area (Å²) in [6.45, 7) is 0.761. The van der Waals surface area contributed by atoms with Gasteiger partial charge in [-0.05, 0) is 12.5 Å². The summed E-state index contributed by atoms with van der Waals surface area (Å²) >= 11 is 0. The zero-order valence-corrected chi connectivity index (χ0v) is 9.55. The molecule has 0 saturated carbocycles. The number of ether oxygens (including phenoxy) is 1. The molecule has 6 heteroatoms. The van der Waals surface area contributed by atoms with Crippen LogP contribution in [0.3, 0.4) is 0 Å². The maximum atomic E-state index is 5.87. The monoisotopic (exact) mass is 239 g/mol.